The van der Waals surface area contributed by atoms with Crippen molar-refractivity contribution in [3.8, 4) is 11.4 Å². The number of hydrogen-bond donors (Lipinski definition) is 1. The second-order valence-corrected chi connectivity index (χ2v) is 8.97. The highest BCUT2D eigenvalue weighted by Crippen LogP contribution is 2.27. The zero-order valence-electron chi connectivity index (χ0n) is 16.7. The van der Waals surface area contributed by atoms with Gasteiger partial charge in [-0.1, -0.05) is 51.1 Å². The van der Waals surface area contributed by atoms with Crippen LogP contribution in [0.15, 0.2) is 40.9 Å². The van der Waals surface area contributed by atoms with Gasteiger partial charge in [-0.05, 0) is 36.1 Å². The van der Waals surface area contributed by atoms with E-state index in [9.17, 15) is 4.79 Å². The van der Waals surface area contributed by atoms with E-state index in [0.29, 0.717) is 11.7 Å². The lowest BCUT2D eigenvalue weighted by Crippen LogP contribution is -2.14. The molecule has 2 heterocycles. The molecule has 2 aromatic heterocycles. The fourth-order valence-corrected chi connectivity index (χ4v) is 4.53. The third-order valence-corrected chi connectivity index (χ3v) is 6.45. The maximum absolute atomic E-state index is 12.3. The summed E-state index contributed by atoms with van der Waals surface area (Å²) in [5.74, 6) is 1.56. The van der Waals surface area contributed by atoms with Gasteiger partial charge in [0.15, 0.2) is 11.0 Å². The third kappa shape index (κ3) is 5.02. The van der Waals surface area contributed by atoms with E-state index in [1.165, 1.54) is 22.2 Å². The first-order valence-corrected chi connectivity index (χ1v) is 11.3. The molecule has 3 aromatic rings. The van der Waals surface area contributed by atoms with Crippen molar-refractivity contribution in [2.45, 2.75) is 44.7 Å². The first-order valence-electron chi connectivity index (χ1n) is 9.47. The summed E-state index contributed by atoms with van der Waals surface area (Å²) in [6.45, 7) is 6.49. The van der Waals surface area contributed by atoms with Gasteiger partial charge in [-0.25, -0.2) is 0 Å². The van der Waals surface area contributed by atoms with Gasteiger partial charge in [-0.15, -0.1) is 21.5 Å². The van der Waals surface area contributed by atoms with Gasteiger partial charge in [0.05, 0.1) is 5.75 Å². The summed E-state index contributed by atoms with van der Waals surface area (Å²) in [6.07, 6.45) is 2.22. The molecule has 1 amide bonds. The number of carbonyl (C=O) groups excluding carboxylic acids is 1. The minimum atomic E-state index is -0.0485. The van der Waals surface area contributed by atoms with E-state index >= 15 is 0 Å². The summed E-state index contributed by atoms with van der Waals surface area (Å²) in [7, 11) is 1.94. The van der Waals surface area contributed by atoms with Crippen molar-refractivity contribution in [3.63, 3.8) is 0 Å². The zero-order chi connectivity index (χ0) is 20.1. The largest absolute Gasteiger partial charge is 0.325 e. The minimum absolute atomic E-state index is 0.0485. The van der Waals surface area contributed by atoms with E-state index in [1.807, 2.05) is 23.7 Å². The Kier molecular flexibility index (Phi) is 6.91. The van der Waals surface area contributed by atoms with Crippen molar-refractivity contribution in [1.29, 1.82) is 0 Å². The van der Waals surface area contributed by atoms with Crippen molar-refractivity contribution < 1.29 is 4.79 Å². The number of anilines is 1. The molecule has 0 unspecified atom stereocenters. The van der Waals surface area contributed by atoms with E-state index in [0.717, 1.165) is 35.1 Å². The molecule has 148 valence electrons. The Labute approximate surface area is 174 Å². The van der Waals surface area contributed by atoms with Crippen LogP contribution in [-0.2, 0) is 18.3 Å². The molecule has 0 aliphatic carbocycles. The highest BCUT2D eigenvalue weighted by atomic mass is 32.2. The van der Waals surface area contributed by atoms with Crippen LogP contribution in [0.4, 0.5) is 5.69 Å². The lowest BCUT2D eigenvalue weighted by atomic mass is 10.0. The average molecular weight is 415 g/mol. The number of amides is 1. The number of nitrogens with zero attached hydrogens (tertiary/aromatic N) is 3. The lowest BCUT2D eigenvalue weighted by molar-refractivity contribution is -0.113. The van der Waals surface area contributed by atoms with Crippen LogP contribution in [0, 0.1) is 0 Å². The molecule has 0 atom stereocenters. The molecule has 5 nitrogen and oxygen atoms in total. The zero-order valence-corrected chi connectivity index (χ0v) is 18.4. The number of thioether (sulfide) groups is 1. The Hall–Kier alpha value is -2.12. The molecule has 0 aliphatic rings. The predicted octanol–water partition coefficient (Wildman–Crippen LogP) is 5.35. The number of thiophene rings is 1. The predicted molar refractivity (Wildman–Crippen MR) is 118 cm³/mol. The number of nitrogens with one attached hydrogen (secondary N) is 1. The molecule has 28 heavy (non-hydrogen) atoms. The van der Waals surface area contributed by atoms with Crippen molar-refractivity contribution in [2.75, 3.05) is 11.1 Å². The van der Waals surface area contributed by atoms with Crippen molar-refractivity contribution in [1.82, 2.24) is 14.8 Å². The molecule has 0 radical (unpaired) electrons. The second-order valence-electron chi connectivity index (χ2n) is 7.03. The first kappa shape index (κ1) is 20.6. The molecule has 3 rings (SSSR count). The van der Waals surface area contributed by atoms with Crippen LogP contribution >= 0.6 is 23.1 Å². The maximum Gasteiger partial charge on any atom is 0.234 e. The van der Waals surface area contributed by atoms with E-state index in [1.54, 1.807) is 11.3 Å². The van der Waals surface area contributed by atoms with Gasteiger partial charge < -0.3 is 9.88 Å². The van der Waals surface area contributed by atoms with Crippen LogP contribution in [0.1, 0.15) is 43.6 Å². The average Bonchev–Trinajstić information content (AvgIpc) is 3.27. The SMILES string of the molecule is CCCc1cc(-c2nnc(SCC(=O)Nc3ccc(C(C)C)cc3)n2C)cs1. The summed E-state index contributed by atoms with van der Waals surface area (Å²) in [5.41, 5.74) is 3.16. The van der Waals surface area contributed by atoms with Crippen molar-refractivity contribution in [2.24, 2.45) is 7.05 Å². The highest BCUT2D eigenvalue weighted by molar-refractivity contribution is 7.99. The summed E-state index contributed by atoms with van der Waals surface area (Å²) < 4.78 is 1.95. The molecule has 0 fully saturated rings. The van der Waals surface area contributed by atoms with Crippen LogP contribution < -0.4 is 5.32 Å². The first-order chi connectivity index (χ1) is 13.5. The molecular formula is C21H26N4OS2. The van der Waals surface area contributed by atoms with Crippen molar-refractivity contribution >= 4 is 34.7 Å². The Balaban J connectivity index is 1.58. The molecule has 7 heteroatoms. The number of carbonyl (C=O) groups is 1. The summed E-state index contributed by atoms with van der Waals surface area (Å²) in [6, 6.07) is 10.2. The van der Waals surface area contributed by atoms with E-state index < -0.39 is 0 Å². The third-order valence-electron chi connectivity index (χ3n) is 4.44. The quantitative estimate of drug-likeness (QED) is 0.505. The summed E-state index contributed by atoms with van der Waals surface area (Å²) in [5, 5.41) is 14.4. The van der Waals surface area contributed by atoms with Crippen LogP contribution in [-0.4, -0.2) is 26.4 Å². The van der Waals surface area contributed by atoms with E-state index in [2.05, 4.69) is 59.9 Å². The number of benzene rings is 1. The van der Waals surface area contributed by atoms with Gasteiger partial charge in [0.1, 0.15) is 0 Å². The van der Waals surface area contributed by atoms with E-state index in [-0.39, 0.29) is 5.91 Å². The molecule has 0 spiro atoms. The Morgan fingerprint density at radius 3 is 2.68 bits per heavy atom. The summed E-state index contributed by atoms with van der Waals surface area (Å²) in [4.78, 5) is 13.6. The highest BCUT2D eigenvalue weighted by Gasteiger charge is 2.14. The van der Waals surface area contributed by atoms with Gasteiger partial charge in [0.2, 0.25) is 5.91 Å². The van der Waals surface area contributed by atoms with Crippen LogP contribution in [0.2, 0.25) is 0 Å². The van der Waals surface area contributed by atoms with Gasteiger partial charge in [0, 0.05) is 28.6 Å². The number of aryl methyl sites for hydroxylation is 1. The van der Waals surface area contributed by atoms with Gasteiger partial charge in [0.25, 0.3) is 0 Å². The van der Waals surface area contributed by atoms with Crippen LogP contribution in [0.25, 0.3) is 11.4 Å². The standard InChI is InChI=1S/C21H26N4OS2/c1-5-6-18-11-16(12-27-18)20-23-24-21(25(20)4)28-13-19(26)22-17-9-7-15(8-10-17)14(2)3/h7-12,14H,5-6,13H2,1-4H3,(H,22,26). The Morgan fingerprint density at radius 2 is 2.00 bits per heavy atom. The minimum Gasteiger partial charge on any atom is -0.325 e. The second kappa shape index (κ2) is 9.39. The number of rotatable bonds is 8. The monoisotopic (exact) mass is 414 g/mol. The molecule has 0 aliphatic heterocycles. The topological polar surface area (TPSA) is 59.8 Å². The molecule has 1 N–H and O–H groups in total. The molecule has 0 saturated carbocycles. The fourth-order valence-electron chi connectivity index (χ4n) is 2.85. The van der Waals surface area contributed by atoms with Crippen molar-refractivity contribution in [3.05, 3.63) is 46.2 Å². The molecule has 1 aromatic carbocycles. The number of hydrogen-bond acceptors (Lipinski definition) is 5. The number of aromatic nitrogens is 3. The summed E-state index contributed by atoms with van der Waals surface area (Å²) >= 11 is 3.15. The van der Waals surface area contributed by atoms with Gasteiger partial charge >= 0.3 is 0 Å². The molecule has 0 saturated heterocycles. The van der Waals surface area contributed by atoms with Gasteiger partial charge in [-0.3, -0.25) is 4.79 Å². The van der Waals surface area contributed by atoms with E-state index in [4.69, 9.17) is 0 Å². The molecule has 0 bridgehead atoms. The van der Waals surface area contributed by atoms with Gasteiger partial charge in [-0.2, -0.15) is 0 Å². The van der Waals surface area contributed by atoms with Crippen LogP contribution in [0.3, 0.4) is 0 Å². The normalized spacial score (nSPS) is 11.2. The van der Waals surface area contributed by atoms with Crippen LogP contribution in [0.5, 0.6) is 0 Å². The maximum atomic E-state index is 12.3. The smallest absolute Gasteiger partial charge is 0.234 e. The fraction of sp³-hybridized carbons (Fsp3) is 0.381. The Morgan fingerprint density at radius 1 is 1.25 bits per heavy atom. The molecular weight excluding hydrogens is 388 g/mol. The Bertz CT molecular complexity index is 928. The lowest BCUT2D eigenvalue weighted by Gasteiger charge is -2.08.